The summed E-state index contributed by atoms with van der Waals surface area (Å²) >= 11 is 0. The van der Waals surface area contributed by atoms with E-state index in [-0.39, 0.29) is 11.5 Å². The first-order chi connectivity index (χ1) is 11.1. The van der Waals surface area contributed by atoms with E-state index in [1.165, 1.54) is 25.1 Å². The molecule has 0 unspecified atom stereocenters. The van der Waals surface area contributed by atoms with Crippen molar-refractivity contribution in [2.45, 2.75) is 6.92 Å². The highest BCUT2D eigenvalue weighted by atomic mass is 19.1. The summed E-state index contributed by atoms with van der Waals surface area (Å²) in [5.41, 5.74) is 1.02. The van der Waals surface area contributed by atoms with Gasteiger partial charge in [-0.2, -0.15) is 0 Å². The molecule has 0 spiro atoms. The van der Waals surface area contributed by atoms with Crippen LogP contribution in [0.4, 0.5) is 15.8 Å². The molecule has 0 saturated heterocycles. The van der Waals surface area contributed by atoms with Gasteiger partial charge in [-0.3, -0.25) is 9.59 Å². The summed E-state index contributed by atoms with van der Waals surface area (Å²) in [6.07, 6.45) is 0. The number of carbonyl (C=O) groups excluding carboxylic acids is 2. The van der Waals surface area contributed by atoms with Gasteiger partial charge >= 0.3 is 0 Å². The molecule has 0 radical (unpaired) electrons. The Labute approximate surface area is 132 Å². The zero-order chi connectivity index (χ0) is 16.4. The number of anilines is 2. The van der Waals surface area contributed by atoms with Crippen molar-refractivity contribution in [3.8, 4) is 5.75 Å². The average Bonchev–Trinajstić information content (AvgIpc) is 2.54. The van der Waals surface area contributed by atoms with Gasteiger partial charge in [-0.25, -0.2) is 4.39 Å². The molecule has 1 heterocycles. The van der Waals surface area contributed by atoms with E-state index < -0.39 is 11.7 Å². The Morgan fingerprint density at radius 2 is 2.00 bits per heavy atom. The van der Waals surface area contributed by atoms with Crippen LogP contribution in [0.5, 0.6) is 5.75 Å². The smallest absolute Gasteiger partial charge is 0.258 e. The minimum absolute atomic E-state index is 0.0371. The second-order valence-electron chi connectivity index (χ2n) is 5.14. The van der Waals surface area contributed by atoms with Crippen molar-refractivity contribution in [3.05, 3.63) is 53.8 Å². The minimum atomic E-state index is -0.586. The minimum Gasteiger partial charge on any atom is -0.490 e. The fourth-order valence-corrected chi connectivity index (χ4v) is 2.47. The van der Waals surface area contributed by atoms with Crippen LogP contribution in [0.2, 0.25) is 0 Å². The van der Waals surface area contributed by atoms with E-state index in [1.54, 1.807) is 29.2 Å². The summed E-state index contributed by atoms with van der Waals surface area (Å²) in [7, 11) is 0. The van der Waals surface area contributed by atoms with Gasteiger partial charge in [0.1, 0.15) is 18.2 Å². The van der Waals surface area contributed by atoms with Crippen molar-refractivity contribution in [1.29, 1.82) is 0 Å². The van der Waals surface area contributed by atoms with E-state index in [1.807, 2.05) is 0 Å². The van der Waals surface area contributed by atoms with Crippen molar-refractivity contribution in [3.63, 3.8) is 0 Å². The van der Waals surface area contributed by atoms with Gasteiger partial charge in [0.2, 0.25) is 5.91 Å². The van der Waals surface area contributed by atoms with E-state index >= 15 is 0 Å². The van der Waals surface area contributed by atoms with Gasteiger partial charge in [-0.05, 0) is 30.3 Å². The molecule has 3 rings (SSSR count). The molecule has 2 amide bonds. The molecule has 0 aromatic heterocycles. The summed E-state index contributed by atoms with van der Waals surface area (Å²) in [6, 6.07) is 10.7. The average molecular weight is 314 g/mol. The Bertz CT molecular complexity index is 776. The molecule has 0 aliphatic carbocycles. The maximum atomic E-state index is 13.7. The van der Waals surface area contributed by atoms with Crippen LogP contribution in [0.25, 0.3) is 0 Å². The Hall–Kier alpha value is -2.89. The molecule has 2 aromatic rings. The van der Waals surface area contributed by atoms with Crippen molar-refractivity contribution in [1.82, 2.24) is 0 Å². The quantitative estimate of drug-likeness (QED) is 0.927. The highest BCUT2D eigenvalue weighted by Crippen LogP contribution is 2.34. The number of hydrogen-bond donors (Lipinski definition) is 1. The molecule has 1 aliphatic rings. The zero-order valence-electron chi connectivity index (χ0n) is 12.5. The van der Waals surface area contributed by atoms with Crippen molar-refractivity contribution in [2.24, 2.45) is 0 Å². The fraction of sp³-hybridized carbons (Fsp3) is 0.176. The molecule has 5 nitrogen and oxygen atoms in total. The summed E-state index contributed by atoms with van der Waals surface area (Å²) in [5.74, 6) is -0.659. The van der Waals surface area contributed by atoms with E-state index in [2.05, 4.69) is 5.32 Å². The maximum Gasteiger partial charge on any atom is 0.258 e. The predicted molar refractivity (Wildman–Crippen MR) is 84.3 cm³/mol. The number of halogens is 1. The molecule has 2 aromatic carbocycles. The van der Waals surface area contributed by atoms with Gasteiger partial charge in [0, 0.05) is 12.6 Å². The summed E-state index contributed by atoms with van der Waals surface area (Å²) in [6.45, 7) is 2.35. The number of hydrogen-bond acceptors (Lipinski definition) is 3. The third-order valence-corrected chi connectivity index (χ3v) is 3.58. The van der Waals surface area contributed by atoms with Crippen LogP contribution in [0.3, 0.4) is 0 Å². The molecule has 23 heavy (non-hydrogen) atoms. The molecule has 118 valence electrons. The third-order valence-electron chi connectivity index (χ3n) is 3.58. The molecule has 1 N–H and O–H groups in total. The summed E-state index contributed by atoms with van der Waals surface area (Å²) in [5, 5.41) is 2.64. The third kappa shape index (κ3) is 3.01. The van der Waals surface area contributed by atoms with E-state index in [9.17, 15) is 14.0 Å². The first-order valence-corrected chi connectivity index (χ1v) is 7.17. The fourth-order valence-electron chi connectivity index (χ4n) is 2.47. The number of benzene rings is 2. The van der Waals surface area contributed by atoms with E-state index in [4.69, 9.17) is 4.74 Å². The Morgan fingerprint density at radius 1 is 1.22 bits per heavy atom. The molecule has 0 saturated carbocycles. The molecule has 0 atom stereocenters. The van der Waals surface area contributed by atoms with Gasteiger partial charge in [-0.15, -0.1) is 0 Å². The van der Waals surface area contributed by atoms with Crippen LogP contribution in [0.15, 0.2) is 42.5 Å². The maximum absolute atomic E-state index is 13.7. The number of nitrogens with zero attached hydrogens (tertiary/aromatic N) is 1. The molecule has 0 bridgehead atoms. The lowest BCUT2D eigenvalue weighted by Gasteiger charge is -2.29. The standard InChI is InChI=1S/C17H15FN2O3/c1-11(21)20-8-9-23-16-7-6-12(10-15(16)20)19-17(22)13-4-2-3-5-14(13)18/h2-7,10H,8-9H2,1H3,(H,19,22). The molecular weight excluding hydrogens is 299 g/mol. The monoisotopic (exact) mass is 314 g/mol. The molecule has 1 aliphatic heterocycles. The van der Waals surface area contributed by atoms with Gasteiger partial charge in [0.05, 0.1) is 17.8 Å². The second-order valence-corrected chi connectivity index (χ2v) is 5.14. The van der Waals surface area contributed by atoms with Crippen LogP contribution in [0.1, 0.15) is 17.3 Å². The highest BCUT2D eigenvalue weighted by molar-refractivity contribution is 6.05. The lowest BCUT2D eigenvalue weighted by molar-refractivity contribution is -0.116. The zero-order valence-corrected chi connectivity index (χ0v) is 12.5. The number of amides is 2. The van der Waals surface area contributed by atoms with Gasteiger partial charge in [0.15, 0.2) is 0 Å². The van der Waals surface area contributed by atoms with Crippen molar-refractivity contribution in [2.75, 3.05) is 23.4 Å². The number of fused-ring (bicyclic) bond motifs is 1. The van der Waals surface area contributed by atoms with Gasteiger partial charge in [-0.1, -0.05) is 12.1 Å². The van der Waals surface area contributed by atoms with Crippen molar-refractivity contribution >= 4 is 23.2 Å². The predicted octanol–water partition coefficient (Wildman–Crippen LogP) is 2.82. The Morgan fingerprint density at radius 3 is 2.74 bits per heavy atom. The van der Waals surface area contributed by atoms with Crippen LogP contribution in [-0.2, 0) is 4.79 Å². The van der Waals surface area contributed by atoms with E-state index in [0.717, 1.165) is 0 Å². The van der Waals surface area contributed by atoms with Gasteiger partial charge < -0.3 is 15.0 Å². The lowest BCUT2D eigenvalue weighted by Crippen LogP contribution is -2.36. The van der Waals surface area contributed by atoms with Crippen LogP contribution in [0, 0.1) is 5.82 Å². The number of rotatable bonds is 2. The second kappa shape index (κ2) is 6.08. The lowest BCUT2D eigenvalue weighted by atomic mass is 10.1. The first-order valence-electron chi connectivity index (χ1n) is 7.17. The summed E-state index contributed by atoms with van der Waals surface area (Å²) < 4.78 is 19.2. The summed E-state index contributed by atoms with van der Waals surface area (Å²) in [4.78, 5) is 25.4. The van der Waals surface area contributed by atoms with Crippen LogP contribution >= 0.6 is 0 Å². The van der Waals surface area contributed by atoms with Gasteiger partial charge in [0.25, 0.3) is 5.91 Å². The van der Waals surface area contributed by atoms with E-state index in [0.29, 0.717) is 30.3 Å². The molecule has 6 heteroatoms. The molecular formula is C17H15FN2O3. The van der Waals surface area contributed by atoms with Crippen molar-refractivity contribution < 1.29 is 18.7 Å². The normalized spacial score (nSPS) is 13.0. The van der Waals surface area contributed by atoms with Crippen LogP contribution in [-0.4, -0.2) is 25.0 Å². The molecule has 0 fully saturated rings. The number of carbonyl (C=O) groups is 2. The first kappa shape index (κ1) is 15.0. The van der Waals surface area contributed by atoms with Crippen LogP contribution < -0.4 is 15.0 Å². The SMILES string of the molecule is CC(=O)N1CCOc2ccc(NC(=O)c3ccccc3F)cc21. The Kier molecular flexibility index (Phi) is 3.97. The number of nitrogens with one attached hydrogen (secondary N) is 1. The Balaban J connectivity index is 1.87. The topological polar surface area (TPSA) is 58.6 Å². The largest absolute Gasteiger partial charge is 0.490 e. The highest BCUT2D eigenvalue weighted by Gasteiger charge is 2.22. The number of ether oxygens (including phenoxy) is 1.